The molecular weight excluding hydrogens is 200 g/mol. The number of hydrogen-bond acceptors (Lipinski definition) is 3. The van der Waals surface area contributed by atoms with Crippen LogP contribution >= 0.6 is 11.6 Å². The molecule has 0 aliphatic carbocycles. The Morgan fingerprint density at radius 1 is 1.36 bits per heavy atom. The highest BCUT2D eigenvalue weighted by molar-refractivity contribution is 6.59. The molecular formula is C9H13BClNO2. The standard InChI is InChI=1S/C9H13BClNO2/c1-9(2,3)8-7(10(13)14)4-6(11)5-12-8/h4-5,13-14H,1-3H3. The second kappa shape index (κ2) is 3.89. The minimum absolute atomic E-state index is 0.233. The molecule has 1 heterocycles. The summed E-state index contributed by atoms with van der Waals surface area (Å²) in [6.07, 6.45) is 1.51. The highest BCUT2D eigenvalue weighted by Crippen LogP contribution is 2.19. The quantitative estimate of drug-likeness (QED) is 0.676. The van der Waals surface area contributed by atoms with Crippen LogP contribution in [0.3, 0.4) is 0 Å². The summed E-state index contributed by atoms with van der Waals surface area (Å²) in [6.45, 7) is 5.86. The molecule has 0 fully saturated rings. The van der Waals surface area contributed by atoms with Crippen LogP contribution in [0.1, 0.15) is 26.5 Å². The zero-order chi connectivity index (χ0) is 10.9. The van der Waals surface area contributed by atoms with Crippen molar-refractivity contribution in [2.24, 2.45) is 0 Å². The van der Waals surface area contributed by atoms with Gasteiger partial charge in [0.05, 0.1) is 5.02 Å². The maximum Gasteiger partial charge on any atom is 0.490 e. The molecule has 0 radical (unpaired) electrons. The molecule has 0 aromatic carbocycles. The summed E-state index contributed by atoms with van der Waals surface area (Å²) in [5.41, 5.74) is 0.783. The van der Waals surface area contributed by atoms with Gasteiger partial charge in [-0.05, 0) is 6.07 Å². The smallest absolute Gasteiger partial charge is 0.423 e. The molecule has 1 aromatic heterocycles. The van der Waals surface area contributed by atoms with Crippen molar-refractivity contribution in [1.29, 1.82) is 0 Å². The topological polar surface area (TPSA) is 53.4 Å². The predicted molar refractivity (Wildman–Crippen MR) is 57.8 cm³/mol. The predicted octanol–water partition coefficient (Wildman–Crippen LogP) is 0.712. The number of aromatic nitrogens is 1. The van der Waals surface area contributed by atoms with Crippen molar-refractivity contribution >= 4 is 24.2 Å². The molecule has 0 aliphatic heterocycles. The summed E-state index contributed by atoms with van der Waals surface area (Å²) in [6, 6.07) is 1.53. The van der Waals surface area contributed by atoms with E-state index in [9.17, 15) is 0 Å². The first kappa shape index (κ1) is 11.5. The molecule has 1 rings (SSSR count). The molecule has 0 bridgehead atoms. The molecule has 0 unspecified atom stereocenters. The van der Waals surface area contributed by atoms with Gasteiger partial charge >= 0.3 is 7.12 Å². The summed E-state index contributed by atoms with van der Waals surface area (Å²) < 4.78 is 0. The van der Waals surface area contributed by atoms with Gasteiger partial charge in [0, 0.05) is 22.8 Å². The summed E-state index contributed by atoms with van der Waals surface area (Å²) in [5, 5.41) is 18.7. The van der Waals surface area contributed by atoms with E-state index < -0.39 is 7.12 Å². The van der Waals surface area contributed by atoms with Crippen molar-refractivity contribution in [1.82, 2.24) is 4.98 Å². The zero-order valence-corrected chi connectivity index (χ0v) is 9.21. The van der Waals surface area contributed by atoms with Crippen molar-refractivity contribution < 1.29 is 10.0 Å². The molecule has 76 valence electrons. The van der Waals surface area contributed by atoms with Crippen molar-refractivity contribution in [3.8, 4) is 0 Å². The van der Waals surface area contributed by atoms with Crippen LogP contribution in [0.4, 0.5) is 0 Å². The number of rotatable bonds is 1. The van der Waals surface area contributed by atoms with Crippen molar-refractivity contribution in [2.45, 2.75) is 26.2 Å². The third kappa shape index (κ3) is 2.47. The van der Waals surface area contributed by atoms with E-state index in [1.165, 1.54) is 12.3 Å². The van der Waals surface area contributed by atoms with Crippen LogP contribution in [0.5, 0.6) is 0 Å². The van der Waals surface area contributed by atoms with Gasteiger partial charge in [0.25, 0.3) is 0 Å². The maximum atomic E-state index is 9.15. The van der Waals surface area contributed by atoms with Crippen molar-refractivity contribution in [2.75, 3.05) is 0 Å². The molecule has 5 heteroatoms. The van der Waals surface area contributed by atoms with Gasteiger partial charge in [-0.2, -0.15) is 0 Å². The van der Waals surface area contributed by atoms with Crippen LogP contribution in [0.25, 0.3) is 0 Å². The van der Waals surface area contributed by atoms with Gasteiger partial charge in [-0.15, -0.1) is 0 Å². The molecule has 1 aromatic rings. The Labute approximate surface area is 88.9 Å². The van der Waals surface area contributed by atoms with Gasteiger partial charge in [0.1, 0.15) is 0 Å². The molecule has 2 N–H and O–H groups in total. The lowest BCUT2D eigenvalue weighted by Gasteiger charge is -2.21. The molecule has 14 heavy (non-hydrogen) atoms. The molecule has 0 saturated carbocycles. The van der Waals surface area contributed by atoms with Crippen LogP contribution in [-0.2, 0) is 5.41 Å². The van der Waals surface area contributed by atoms with Crippen LogP contribution in [-0.4, -0.2) is 22.2 Å². The van der Waals surface area contributed by atoms with Gasteiger partial charge in [0.2, 0.25) is 0 Å². The minimum atomic E-state index is -1.53. The number of hydrogen-bond donors (Lipinski definition) is 2. The van der Waals surface area contributed by atoms with E-state index in [0.717, 1.165) is 0 Å². The van der Waals surface area contributed by atoms with E-state index in [2.05, 4.69) is 4.98 Å². The van der Waals surface area contributed by atoms with E-state index in [1.807, 2.05) is 20.8 Å². The highest BCUT2D eigenvalue weighted by atomic mass is 35.5. The van der Waals surface area contributed by atoms with Gasteiger partial charge in [0.15, 0.2) is 0 Å². The van der Waals surface area contributed by atoms with Crippen molar-refractivity contribution in [3.63, 3.8) is 0 Å². The SMILES string of the molecule is CC(C)(C)c1ncc(Cl)cc1B(O)O. The number of nitrogens with zero attached hydrogens (tertiary/aromatic N) is 1. The average Bonchev–Trinajstić information content (AvgIpc) is 2.01. The molecule has 0 atom stereocenters. The van der Waals surface area contributed by atoms with E-state index in [4.69, 9.17) is 21.6 Å². The van der Waals surface area contributed by atoms with Gasteiger partial charge < -0.3 is 10.0 Å². The van der Waals surface area contributed by atoms with E-state index in [0.29, 0.717) is 16.2 Å². The van der Waals surface area contributed by atoms with Crippen LogP contribution in [0.15, 0.2) is 12.3 Å². The lowest BCUT2D eigenvalue weighted by Crippen LogP contribution is -2.38. The number of halogens is 1. The maximum absolute atomic E-state index is 9.15. The summed E-state index contributed by atoms with van der Waals surface area (Å²) in [7, 11) is -1.53. The first-order valence-corrected chi connectivity index (χ1v) is 4.72. The lowest BCUT2D eigenvalue weighted by atomic mass is 9.73. The van der Waals surface area contributed by atoms with Crippen LogP contribution < -0.4 is 5.46 Å². The third-order valence-corrected chi connectivity index (χ3v) is 2.08. The fourth-order valence-electron chi connectivity index (χ4n) is 1.28. The Balaban J connectivity index is 3.29. The Kier molecular flexibility index (Phi) is 3.19. The van der Waals surface area contributed by atoms with Crippen molar-refractivity contribution in [3.05, 3.63) is 23.0 Å². The number of pyridine rings is 1. The Hall–Kier alpha value is -0.575. The normalized spacial score (nSPS) is 11.6. The molecule has 0 spiro atoms. The first-order chi connectivity index (χ1) is 6.32. The highest BCUT2D eigenvalue weighted by Gasteiger charge is 2.25. The minimum Gasteiger partial charge on any atom is -0.423 e. The van der Waals surface area contributed by atoms with Crippen LogP contribution in [0.2, 0.25) is 5.02 Å². The molecule has 0 aliphatic rings. The second-order valence-electron chi connectivity index (χ2n) is 4.22. The van der Waals surface area contributed by atoms with Gasteiger partial charge in [-0.25, -0.2) is 0 Å². The van der Waals surface area contributed by atoms with E-state index >= 15 is 0 Å². The van der Waals surface area contributed by atoms with Gasteiger partial charge in [-0.1, -0.05) is 32.4 Å². The monoisotopic (exact) mass is 213 g/mol. The fourth-order valence-corrected chi connectivity index (χ4v) is 1.44. The zero-order valence-electron chi connectivity index (χ0n) is 8.45. The van der Waals surface area contributed by atoms with E-state index in [1.54, 1.807) is 0 Å². The summed E-state index contributed by atoms with van der Waals surface area (Å²) in [4.78, 5) is 4.12. The Bertz CT molecular complexity index is 336. The fraction of sp³-hybridized carbons (Fsp3) is 0.444. The van der Waals surface area contributed by atoms with Crippen LogP contribution in [0, 0.1) is 0 Å². The Morgan fingerprint density at radius 2 is 1.93 bits per heavy atom. The Morgan fingerprint density at radius 3 is 2.36 bits per heavy atom. The summed E-state index contributed by atoms with van der Waals surface area (Å²) in [5.74, 6) is 0. The second-order valence-corrected chi connectivity index (χ2v) is 4.65. The first-order valence-electron chi connectivity index (χ1n) is 4.34. The molecule has 0 saturated heterocycles. The lowest BCUT2D eigenvalue weighted by molar-refractivity contribution is 0.423. The molecule has 0 amide bonds. The average molecular weight is 213 g/mol. The molecule has 3 nitrogen and oxygen atoms in total. The largest absolute Gasteiger partial charge is 0.490 e. The third-order valence-electron chi connectivity index (χ3n) is 1.87. The summed E-state index contributed by atoms with van der Waals surface area (Å²) >= 11 is 5.73. The van der Waals surface area contributed by atoms with E-state index in [-0.39, 0.29) is 5.41 Å². The van der Waals surface area contributed by atoms with Gasteiger partial charge in [-0.3, -0.25) is 4.98 Å².